The van der Waals surface area contributed by atoms with Crippen molar-refractivity contribution in [1.29, 1.82) is 0 Å². The fraction of sp³-hybridized carbons (Fsp3) is 0.227. The Morgan fingerprint density at radius 2 is 2.00 bits per heavy atom. The summed E-state index contributed by atoms with van der Waals surface area (Å²) in [5.41, 5.74) is 2.82. The van der Waals surface area contributed by atoms with E-state index < -0.39 is 11.9 Å². The topological polar surface area (TPSA) is 84.7 Å². The molecule has 0 bridgehead atoms. The number of rotatable bonds is 4. The Hall–Kier alpha value is -3.61. The molecule has 0 fully saturated rings. The van der Waals surface area contributed by atoms with Crippen molar-refractivity contribution in [2.75, 3.05) is 18.6 Å². The van der Waals surface area contributed by atoms with Gasteiger partial charge in [-0.05, 0) is 24.1 Å². The van der Waals surface area contributed by atoms with E-state index in [-0.39, 0.29) is 18.2 Å². The Balaban J connectivity index is 1.46. The standard InChI is InChI=1S/C22H21N3O4/c1-14-7-6-10-19-20(14)25(2)22(27)18(13-28-19)23-21(26)17-12-16(29-24-17)11-15-8-4-3-5-9-15/h3-10,12,18H,11,13H2,1-2H3,(H,23,26)/t18-/m1/s1. The van der Waals surface area contributed by atoms with E-state index in [0.717, 1.165) is 11.1 Å². The molecule has 148 valence electrons. The minimum absolute atomic E-state index is 0.0418. The smallest absolute Gasteiger partial charge is 0.274 e. The molecule has 2 heterocycles. The van der Waals surface area contributed by atoms with Gasteiger partial charge in [0.15, 0.2) is 5.69 Å². The first-order valence-electron chi connectivity index (χ1n) is 9.33. The van der Waals surface area contributed by atoms with Crippen LogP contribution in [0.1, 0.15) is 27.4 Å². The molecule has 1 aliphatic rings. The zero-order valence-corrected chi connectivity index (χ0v) is 16.2. The summed E-state index contributed by atoms with van der Waals surface area (Å²) in [4.78, 5) is 27.0. The second kappa shape index (κ2) is 7.79. The molecule has 1 aliphatic heterocycles. The number of amides is 2. The van der Waals surface area contributed by atoms with Crippen LogP contribution in [0.3, 0.4) is 0 Å². The summed E-state index contributed by atoms with van der Waals surface area (Å²) < 4.78 is 11.1. The number of hydrogen-bond acceptors (Lipinski definition) is 5. The number of nitrogens with one attached hydrogen (secondary N) is 1. The number of ether oxygens (including phenoxy) is 1. The Labute approximate surface area is 168 Å². The Kier molecular flexibility index (Phi) is 5.03. The van der Waals surface area contributed by atoms with Crippen molar-refractivity contribution in [2.45, 2.75) is 19.4 Å². The highest BCUT2D eigenvalue weighted by Crippen LogP contribution is 2.33. The molecule has 0 saturated carbocycles. The molecular formula is C22H21N3O4. The maximum Gasteiger partial charge on any atom is 0.274 e. The van der Waals surface area contributed by atoms with Gasteiger partial charge in [0.1, 0.15) is 24.2 Å². The van der Waals surface area contributed by atoms with Crippen molar-refractivity contribution in [3.63, 3.8) is 0 Å². The SMILES string of the molecule is Cc1cccc2c1N(C)C(=O)[C@H](NC(=O)c1cc(Cc3ccccc3)on1)CO2. The summed E-state index contributed by atoms with van der Waals surface area (Å²) in [6.45, 7) is 1.95. The second-order valence-electron chi connectivity index (χ2n) is 7.00. The fourth-order valence-electron chi connectivity index (χ4n) is 3.40. The van der Waals surface area contributed by atoms with Crippen LogP contribution < -0.4 is 15.0 Å². The van der Waals surface area contributed by atoms with Gasteiger partial charge in [-0.15, -0.1) is 0 Å². The Bertz CT molecular complexity index is 1050. The van der Waals surface area contributed by atoms with Gasteiger partial charge in [-0.1, -0.05) is 47.6 Å². The molecule has 1 N–H and O–H groups in total. The average Bonchev–Trinajstić information content (AvgIpc) is 3.15. The minimum atomic E-state index is -0.825. The lowest BCUT2D eigenvalue weighted by molar-refractivity contribution is -0.120. The van der Waals surface area contributed by atoms with Gasteiger partial charge in [-0.2, -0.15) is 0 Å². The largest absolute Gasteiger partial charge is 0.489 e. The summed E-state index contributed by atoms with van der Waals surface area (Å²) >= 11 is 0. The average molecular weight is 391 g/mol. The van der Waals surface area contributed by atoms with E-state index in [2.05, 4.69) is 10.5 Å². The number of nitrogens with zero attached hydrogens (tertiary/aromatic N) is 2. The number of aryl methyl sites for hydroxylation is 1. The first kappa shape index (κ1) is 18.7. The quantitative estimate of drug-likeness (QED) is 0.739. The number of anilines is 1. The highest BCUT2D eigenvalue weighted by Gasteiger charge is 2.32. The predicted molar refractivity (Wildman–Crippen MR) is 107 cm³/mol. The van der Waals surface area contributed by atoms with Gasteiger partial charge in [-0.25, -0.2) is 0 Å². The van der Waals surface area contributed by atoms with Crippen LogP contribution in [0.25, 0.3) is 0 Å². The lowest BCUT2D eigenvalue weighted by Crippen LogP contribution is -2.49. The number of carbonyl (C=O) groups is 2. The molecule has 0 unspecified atom stereocenters. The normalized spacial score (nSPS) is 16.0. The molecule has 4 rings (SSSR count). The molecule has 29 heavy (non-hydrogen) atoms. The monoisotopic (exact) mass is 391 g/mol. The number of para-hydroxylation sites is 1. The van der Waals surface area contributed by atoms with E-state index in [1.54, 1.807) is 13.1 Å². The van der Waals surface area contributed by atoms with E-state index in [1.165, 1.54) is 4.90 Å². The maximum atomic E-state index is 12.9. The highest BCUT2D eigenvalue weighted by atomic mass is 16.5. The molecule has 7 nitrogen and oxygen atoms in total. The van der Waals surface area contributed by atoms with Crippen molar-refractivity contribution in [2.24, 2.45) is 0 Å². The van der Waals surface area contributed by atoms with Gasteiger partial charge in [-0.3, -0.25) is 9.59 Å². The van der Waals surface area contributed by atoms with Crippen LogP contribution in [-0.2, 0) is 11.2 Å². The van der Waals surface area contributed by atoms with Gasteiger partial charge < -0.3 is 19.5 Å². The summed E-state index contributed by atoms with van der Waals surface area (Å²) in [5.74, 6) is 0.458. The van der Waals surface area contributed by atoms with Crippen LogP contribution in [0.2, 0.25) is 0 Å². The Morgan fingerprint density at radius 3 is 2.79 bits per heavy atom. The van der Waals surface area contributed by atoms with E-state index in [1.807, 2.05) is 55.5 Å². The van der Waals surface area contributed by atoms with Gasteiger partial charge in [0.2, 0.25) is 0 Å². The van der Waals surface area contributed by atoms with Crippen molar-refractivity contribution in [3.8, 4) is 5.75 Å². The molecule has 0 aliphatic carbocycles. The molecule has 7 heteroatoms. The van der Waals surface area contributed by atoms with Crippen LogP contribution in [0.15, 0.2) is 59.1 Å². The first-order chi connectivity index (χ1) is 14.0. The highest BCUT2D eigenvalue weighted by molar-refractivity contribution is 6.03. The lowest BCUT2D eigenvalue weighted by Gasteiger charge is -2.21. The second-order valence-corrected chi connectivity index (χ2v) is 7.00. The molecule has 0 saturated heterocycles. The number of aromatic nitrogens is 1. The minimum Gasteiger partial charge on any atom is -0.489 e. The number of fused-ring (bicyclic) bond motifs is 1. The van der Waals surface area contributed by atoms with Gasteiger partial charge in [0, 0.05) is 19.5 Å². The van der Waals surface area contributed by atoms with Crippen molar-refractivity contribution in [3.05, 3.63) is 77.2 Å². The number of benzene rings is 2. The van der Waals surface area contributed by atoms with Crippen LogP contribution in [0, 0.1) is 6.92 Å². The van der Waals surface area contributed by atoms with Crippen molar-refractivity contribution in [1.82, 2.24) is 10.5 Å². The van der Waals surface area contributed by atoms with Gasteiger partial charge >= 0.3 is 0 Å². The van der Waals surface area contributed by atoms with Crippen molar-refractivity contribution < 1.29 is 18.8 Å². The third-order valence-electron chi connectivity index (χ3n) is 4.89. The van der Waals surface area contributed by atoms with Gasteiger partial charge in [0.25, 0.3) is 11.8 Å². The van der Waals surface area contributed by atoms with E-state index in [0.29, 0.717) is 23.6 Å². The molecule has 1 atom stereocenters. The van der Waals surface area contributed by atoms with Crippen LogP contribution in [0.4, 0.5) is 5.69 Å². The Morgan fingerprint density at radius 1 is 1.21 bits per heavy atom. The molecule has 0 spiro atoms. The lowest BCUT2D eigenvalue weighted by atomic mass is 10.1. The fourth-order valence-corrected chi connectivity index (χ4v) is 3.40. The third kappa shape index (κ3) is 3.85. The zero-order chi connectivity index (χ0) is 20.4. The van der Waals surface area contributed by atoms with Crippen LogP contribution in [-0.4, -0.2) is 36.7 Å². The molecule has 0 radical (unpaired) electrons. The summed E-state index contributed by atoms with van der Waals surface area (Å²) in [6.07, 6.45) is 0.532. The number of likely N-dealkylation sites (N-methyl/N-ethyl adjacent to an activating group) is 1. The summed E-state index contributed by atoms with van der Waals surface area (Å²) in [6, 6.07) is 16.1. The van der Waals surface area contributed by atoms with E-state index in [9.17, 15) is 9.59 Å². The van der Waals surface area contributed by atoms with Crippen LogP contribution in [0.5, 0.6) is 5.75 Å². The van der Waals surface area contributed by atoms with Gasteiger partial charge in [0.05, 0.1) is 5.69 Å². The molecule has 2 aromatic carbocycles. The first-order valence-corrected chi connectivity index (χ1v) is 9.33. The molecular weight excluding hydrogens is 370 g/mol. The zero-order valence-electron chi connectivity index (χ0n) is 16.2. The summed E-state index contributed by atoms with van der Waals surface area (Å²) in [5, 5.41) is 6.56. The van der Waals surface area contributed by atoms with E-state index >= 15 is 0 Å². The molecule has 2 amide bonds. The number of carbonyl (C=O) groups excluding carboxylic acids is 2. The predicted octanol–water partition coefficient (Wildman–Crippen LogP) is 2.73. The summed E-state index contributed by atoms with van der Waals surface area (Å²) in [7, 11) is 1.68. The third-order valence-corrected chi connectivity index (χ3v) is 4.89. The van der Waals surface area contributed by atoms with E-state index in [4.69, 9.17) is 9.26 Å². The maximum absolute atomic E-state index is 12.9. The molecule has 1 aromatic heterocycles. The van der Waals surface area contributed by atoms with Crippen molar-refractivity contribution >= 4 is 17.5 Å². The number of hydrogen-bond donors (Lipinski definition) is 1. The van der Waals surface area contributed by atoms with Crippen LogP contribution >= 0.6 is 0 Å². The molecule has 3 aromatic rings.